The third-order valence-electron chi connectivity index (χ3n) is 6.97. The minimum absolute atomic E-state index is 0.410. The molecular formula is C25H31N3O3S. The topological polar surface area (TPSA) is 66.7 Å². The number of fused-ring (bicyclic) bond motifs is 1. The summed E-state index contributed by atoms with van der Waals surface area (Å²) in [5, 5.41) is 5.26. The van der Waals surface area contributed by atoms with E-state index in [0.29, 0.717) is 37.0 Å². The molecule has 1 aromatic heterocycles. The number of hydrogen-bond acceptors (Lipinski definition) is 5. The summed E-state index contributed by atoms with van der Waals surface area (Å²) in [5.41, 5.74) is 2.99. The normalized spacial score (nSPS) is 19.9. The molecule has 0 unspecified atom stereocenters. The summed E-state index contributed by atoms with van der Waals surface area (Å²) in [4.78, 5) is 2.68. The molecule has 0 radical (unpaired) electrons. The van der Waals surface area contributed by atoms with Crippen LogP contribution in [0.3, 0.4) is 0 Å². The van der Waals surface area contributed by atoms with E-state index in [1.165, 1.54) is 37.7 Å². The maximum Gasteiger partial charge on any atom is 0.243 e. The van der Waals surface area contributed by atoms with E-state index in [4.69, 9.17) is 4.52 Å². The second kappa shape index (κ2) is 9.33. The number of hydrogen-bond donors (Lipinski definition) is 0. The number of para-hydroxylation sites is 1. The van der Waals surface area contributed by atoms with Crippen LogP contribution in [-0.4, -0.2) is 49.0 Å². The fourth-order valence-electron chi connectivity index (χ4n) is 5.11. The maximum absolute atomic E-state index is 13.3. The molecule has 1 aliphatic heterocycles. The molecule has 5 rings (SSSR count). The van der Waals surface area contributed by atoms with Crippen molar-refractivity contribution in [3.8, 4) is 0 Å². The molecule has 0 amide bonds. The van der Waals surface area contributed by atoms with Crippen molar-refractivity contribution in [1.29, 1.82) is 0 Å². The van der Waals surface area contributed by atoms with Crippen molar-refractivity contribution in [3.05, 3.63) is 59.8 Å². The number of sulfonamides is 1. The summed E-state index contributed by atoms with van der Waals surface area (Å²) in [6, 6.07) is 15.5. The lowest BCUT2D eigenvalue weighted by Crippen LogP contribution is -2.35. The van der Waals surface area contributed by atoms with Gasteiger partial charge in [0.1, 0.15) is 5.69 Å². The molecule has 32 heavy (non-hydrogen) atoms. The van der Waals surface area contributed by atoms with Crippen molar-refractivity contribution in [2.75, 3.05) is 26.2 Å². The van der Waals surface area contributed by atoms with Gasteiger partial charge in [-0.25, -0.2) is 8.42 Å². The van der Waals surface area contributed by atoms with Gasteiger partial charge in [0.25, 0.3) is 0 Å². The van der Waals surface area contributed by atoms with Crippen molar-refractivity contribution in [2.24, 2.45) is 0 Å². The number of nitrogens with zero attached hydrogens (tertiary/aromatic N) is 3. The lowest BCUT2D eigenvalue weighted by Gasteiger charge is -2.23. The molecule has 1 aliphatic carbocycles. The molecule has 170 valence electrons. The smallest absolute Gasteiger partial charge is 0.243 e. The quantitative estimate of drug-likeness (QED) is 0.557. The Morgan fingerprint density at radius 1 is 0.875 bits per heavy atom. The lowest BCUT2D eigenvalue weighted by molar-refractivity contribution is 0.270. The molecule has 2 fully saturated rings. The van der Waals surface area contributed by atoms with Crippen LogP contribution in [0.5, 0.6) is 0 Å². The minimum Gasteiger partial charge on any atom is -0.356 e. The van der Waals surface area contributed by atoms with Gasteiger partial charge in [0.15, 0.2) is 5.58 Å². The third kappa shape index (κ3) is 4.47. The van der Waals surface area contributed by atoms with Crippen LogP contribution in [0.1, 0.15) is 55.7 Å². The van der Waals surface area contributed by atoms with Gasteiger partial charge in [-0.05, 0) is 61.6 Å². The summed E-state index contributed by atoms with van der Waals surface area (Å²) in [5.74, 6) is 0.583. The van der Waals surface area contributed by atoms with Crippen molar-refractivity contribution < 1.29 is 12.9 Å². The van der Waals surface area contributed by atoms with E-state index in [0.717, 1.165) is 29.6 Å². The van der Waals surface area contributed by atoms with Crippen LogP contribution >= 0.6 is 0 Å². The average molecular weight is 454 g/mol. The first-order valence-corrected chi connectivity index (χ1v) is 13.2. The Bertz CT molecular complexity index is 1150. The molecule has 7 heteroatoms. The Kier molecular flexibility index (Phi) is 6.31. The summed E-state index contributed by atoms with van der Waals surface area (Å²) < 4.78 is 33.7. The average Bonchev–Trinajstić information content (AvgIpc) is 3.08. The van der Waals surface area contributed by atoms with Crippen LogP contribution in [-0.2, 0) is 16.6 Å². The van der Waals surface area contributed by atoms with Gasteiger partial charge in [0.2, 0.25) is 10.0 Å². The first-order chi connectivity index (χ1) is 15.6. The fraction of sp³-hybridized carbons (Fsp3) is 0.480. The summed E-state index contributed by atoms with van der Waals surface area (Å²) in [7, 11) is -3.48. The Morgan fingerprint density at radius 2 is 1.66 bits per heavy atom. The van der Waals surface area contributed by atoms with E-state index in [-0.39, 0.29) is 0 Å². The lowest BCUT2D eigenvalue weighted by atomic mass is 9.84. The highest BCUT2D eigenvalue weighted by atomic mass is 32.2. The van der Waals surface area contributed by atoms with Gasteiger partial charge < -0.3 is 4.52 Å². The number of rotatable bonds is 5. The molecule has 0 bridgehead atoms. The second-order valence-electron chi connectivity index (χ2n) is 9.06. The van der Waals surface area contributed by atoms with Gasteiger partial charge in [-0.15, -0.1) is 0 Å². The summed E-state index contributed by atoms with van der Waals surface area (Å²) in [6.07, 6.45) is 7.11. The standard InChI is InChI=1S/C25H31N3O3S/c29-32(30,22-13-11-21(12-14-22)20-7-2-1-3-8-20)28-16-6-15-27(17-18-28)19-24-23-9-4-5-10-25(23)31-26-24/h4-5,9-14,20H,1-3,6-8,15-19H2. The van der Waals surface area contributed by atoms with Crippen molar-refractivity contribution in [2.45, 2.75) is 55.9 Å². The number of aromatic nitrogens is 1. The number of benzene rings is 2. The maximum atomic E-state index is 13.3. The largest absolute Gasteiger partial charge is 0.356 e. The molecule has 6 nitrogen and oxygen atoms in total. The molecule has 0 spiro atoms. The van der Waals surface area contributed by atoms with E-state index in [2.05, 4.69) is 10.1 Å². The Hall–Kier alpha value is -2.22. The summed E-state index contributed by atoms with van der Waals surface area (Å²) in [6.45, 7) is 3.22. The fourth-order valence-corrected chi connectivity index (χ4v) is 6.58. The Labute approximate surface area is 190 Å². The molecule has 1 saturated heterocycles. The Morgan fingerprint density at radius 3 is 2.47 bits per heavy atom. The van der Waals surface area contributed by atoms with Crippen LogP contribution in [0.15, 0.2) is 57.9 Å². The van der Waals surface area contributed by atoms with E-state index >= 15 is 0 Å². The van der Waals surface area contributed by atoms with Crippen LogP contribution in [0, 0.1) is 0 Å². The first-order valence-electron chi connectivity index (χ1n) is 11.8. The van der Waals surface area contributed by atoms with E-state index < -0.39 is 10.0 Å². The molecule has 2 heterocycles. The van der Waals surface area contributed by atoms with Crippen LogP contribution in [0.25, 0.3) is 11.0 Å². The van der Waals surface area contributed by atoms with E-state index in [9.17, 15) is 8.42 Å². The predicted octanol–water partition coefficient (Wildman–Crippen LogP) is 4.77. The highest BCUT2D eigenvalue weighted by molar-refractivity contribution is 7.89. The highest BCUT2D eigenvalue weighted by Crippen LogP contribution is 2.33. The molecule has 1 saturated carbocycles. The molecule has 0 N–H and O–H groups in total. The monoisotopic (exact) mass is 453 g/mol. The zero-order valence-corrected chi connectivity index (χ0v) is 19.3. The Balaban J connectivity index is 1.25. The zero-order valence-electron chi connectivity index (χ0n) is 18.4. The van der Waals surface area contributed by atoms with E-state index in [1.807, 2.05) is 48.5 Å². The molecular weight excluding hydrogens is 422 g/mol. The van der Waals surface area contributed by atoms with Gasteiger partial charge >= 0.3 is 0 Å². The van der Waals surface area contributed by atoms with Crippen molar-refractivity contribution >= 4 is 21.0 Å². The molecule has 3 aromatic rings. The van der Waals surface area contributed by atoms with Gasteiger partial charge in [0.05, 0.1) is 4.90 Å². The van der Waals surface area contributed by atoms with Gasteiger partial charge in [-0.3, -0.25) is 4.90 Å². The molecule has 2 aliphatic rings. The predicted molar refractivity (Wildman–Crippen MR) is 125 cm³/mol. The van der Waals surface area contributed by atoms with Crippen LogP contribution < -0.4 is 0 Å². The minimum atomic E-state index is -3.48. The van der Waals surface area contributed by atoms with Gasteiger partial charge in [0, 0.05) is 31.6 Å². The van der Waals surface area contributed by atoms with Gasteiger partial charge in [-0.2, -0.15) is 4.31 Å². The van der Waals surface area contributed by atoms with Crippen LogP contribution in [0.2, 0.25) is 0 Å². The SMILES string of the molecule is O=S(=O)(c1ccc(C2CCCCC2)cc1)N1CCCN(Cc2noc3ccccc23)CC1. The van der Waals surface area contributed by atoms with Crippen LogP contribution in [0.4, 0.5) is 0 Å². The van der Waals surface area contributed by atoms with Gasteiger partial charge in [-0.1, -0.05) is 48.7 Å². The molecule has 0 atom stereocenters. The third-order valence-corrected chi connectivity index (χ3v) is 8.88. The first kappa shape index (κ1) is 21.6. The van der Waals surface area contributed by atoms with Crippen molar-refractivity contribution in [3.63, 3.8) is 0 Å². The zero-order chi connectivity index (χ0) is 22.0. The molecule has 2 aromatic carbocycles. The van der Waals surface area contributed by atoms with Crippen molar-refractivity contribution in [1.82, 2.24) is 14.4 Å². The van der Waals surface area contributed by atoms with E-state index in [1.54, 1.807) is 4.31 Å². The highest BCUT2D eigenvalue weighted by Gasteiger charge is 2.28. The second-order valence-corrected chi connectivity index (χ2v) is 11.0. The summed E-state index contributed by atoms with van der Waals surface area (Å²) >= 11 is 0.